The number of nitro groups is 1. The minimum atomic E-state index is -0.600. The molecular weight excluding hydrogens is 298 g/mol. The van der Waals surface area contributed by atoms with E-state index in [1.807, 2.05) is 0 Å². The SMILES string of the molecule is CC(=O)N1c2ccccc2N(C(C)=O)[C@H]2C=C([N+](=O)[O-])C=C[C@@H]21. The summed E-state index contributed by atoms with van der Waals surface area (Å²) in [5.74, 6) is -0.414. The van der Waals surface area contributed by atoms with Crippen LogP contribution in [0.3, 0.4) is 0 Å². The molecule has 0 saturated heterocycles. The molecule has 23 heavy (non-hydrogen) atoms. The van der Waals surface area contributed by atoms with E-state index < -0.39 is 17.0 Å². The van der Waals surface area contributed by atoms with Crippen molar-refractivity contribution in [1.82, 2.24) is 0 Å². The zero-order chi connectivity index (χ0) is 16.7. The van der Waals surface area contributed by atoms with E-state index in [4.69, 9.17) is 0 Å². The van der Waals surface area contributed by atoms with Gasteiger partial charge in [0.2, 0.25) is 11.8 Å². The normalized spacial score (nSPS) is 22.1. The van der Waals surface area contributed by atoms with E-state index in [9.17, 15) is 19.7 Å². The molecule has 0 unspecified atom stereocenters. The number of hydrogen-bond donors (Lipinski definition) is 0. The summed E-state index contributed by atoms with van der Waals surface area (Å²) in [4.78, 5) is 38.0. The monoisotopic (exact) mass is 313 g/mol. The van der Waals surface area contributed by atoms with Gasteiger partial charge >= 0.3 is 0 Å². The first-order valence-electron chi connectivity index (χ1n) is 7.15. The van der Waals surface area contributed by atoms with Crippen molar-refractivity contribution in [2.75, 3.05) is 9.80 Å². The zero-order valence-electron chi connectivity index (χ0n) is 12.7. The van der Waals surface area contributed by atoms with Crippen molar-refractivity contribution in [1.29, 1.82) is 0 Å². The van der Waals surface area contributed by atoms with E-state index >= 15 is 0 Å². The number of hydrogen-bond acceptors (Lipinski definition) is 4. The van der Waals surface area contributed by atoms with Crippen LogP contribution in [0.25, 0.3) is 0 Å². The Morgan fingerprint density at radius 2 is 1.57 bits per heavy atom. The highest BCUT2D eigenvalue weighted by atomic mass is 16.6. The second kappa shape index (κ2) is 5.35. The van der Waals surface area contributed by atoms with E-state index in [1.165, 1.54) is 30.9 Å². The molecule has 3 rings (SSSR count). The van der Waals surface area contributed by atoms with Crippen molar-refractivity contribution in [2.24, 2.45) is 0 Å². The third-order valence-electron chi connectivity index (χ3n) is 4.04. The summed E-state index contributed by atoms with van der Waals surface area (Å²) in [6, 6.07) is 6.00. The van der Waals surface area contributed by atoms with Crippen molar-refractivity contribution < 1.29 is 14.5 Å². The molecule has 0 spiro atoms. The van der Waals surface area contributed by atoms with Crippen LogP contribution >= 0.6 is 0 Å². The molecular formula is C16H15N3O4. The number of allylic oxidation sites excluding steroid dienone is 1. The number of benzene rings is 1. The quantitative estimate of drug-likeness (QED) is 0.585. The topological polar surface area (TPSA) is 83.8 Å². The van der Waals surface area contributed by atoms with Gasteiger partial charge < -0.3 is 9.80 Å². The fraction of sp³-hybridized carbons (Fsp3) is 0.250. The predicted molar refractivity (Wildman–Crippen MR) is 84.6 cm³/mol. The van der Waals surface area contributed by atoms with Gasteiger partial charge in [0.05, 0.1) is 28.4 Å². The average Bonchev–Trinajstić information content (AvgIpc) is 2.50. The smallest absolute Gasteiger partial charge is 0.267 e. The summed E-state index contributed by atoms with van der Waals surface area (Å²) in [6.07, 6.45) is 4.41. The van der Waals surface area contributed by atoms with Crippen molar-refractivity contribution in [3.05, 3.63) is 58.3 Å². The fourth-order valence-electron chi connectivity index (χ4n) is 3.18. The van der Waals surface area contributed by atoms with Crippen LogP contribution in [0.1, 0.15) is 13.8 Å². The number of carbonyl (C=O) groups excluding carboxylic acids is 2. The van der Waals surface area contributed by atoms with E-state index in [2.05, 4.69) is 0 Å². The minimum Gasteiger partial charge on any atom is -0.301 e. The molecule has 1 aromatic rings. The van der Waals surface area contributed by atoms with Gasteiger partial charge in [0, 0.05) is 26.0 Å². The second-order valence-electron chi connectivity index (χ2n) is 5.46. The van der Waals surface area contributed by atoms with E-state index in [0.29, 0.717) is 11.4 Å². The molecule has 118 valence electrons. The summed E-state index contributed by atoms with van der Waals surface area (Å²) in [6.45, 7) is 2.85. The van der Waals surface area contributed by atoms with Crippen LogP contribution in [0.2, 0.25) is 0 Å². The summed E-state index contributed by atoms with van der Waals surface area (Å²) >= 11 is 0. The highest BCUT2D eigenvalue weighted by Gasteiger charge is 2.42. The van der Waals surface area contributed by atoms with Crippen molar-refractivity contribution in [3.8, 4) is 0 Å². The molecule has 0 aromatic heterocycles. The Bertz CT molecular complexity index is 768. The van der Waals surface area contributed by atoms with Gasteiger partial charge in [0.15, 0.2) is 0 Å². The van der Waals surface area contributed by atoms with E-state index in [-0.39, 0.29) is 17.5 Å². The molecule has 1 heterocycles. The van der Waals surface area contributed by atoms with Gasteiger partial charge in [0.1, 0.15) is 0 Å². The lowest BCUT2D eigenvalue weighted by Crippen LogP contribution is -2.58. The van der Waals surface area contributed by atoms with Gasteiger partial charge in [-0.15, -0.1) is 0 Å². The third kappa shape index (κ3) is 2.30. The Kier molecular flexibility index (Phi) is 3.48. The average molecular weight is 313 g/mol. The molecule has 0 N–H and O–H groups in total. The number of fused-ring (bicyclic) bond motifs is 2. The molecule has 0 saturated carbocycles. The molecule has 2 aliphatic rings. The standard InChI is InChI=1S/C16H15N3O4/c1-10(20)17-13-5-3-4-6-14(13)18(11(2)21)16-9-12(19(22)23)7-8-15(16)17/h3-9,15-16H,1-2H3/t15-,16-/m0/s1. The van der Waals surface area contributed by atoms with Crippen LogP contribution in [0, 0.1) is 10.1 Å². The van der Waals surface area contributed by atoms with E-state index in [0.717, 1.165) is 0 Å². The summed E-state index contributed by atoms with van der Waals surface area (Å²) in [5.41, 5.74) is 1.12. The highest BCUT2D eigenvalue weighted by Crippen LogP contribution is 2.40. The number of para-hydroxylation sites is 2. The lowest BCUT2D eigenvalue weighted by Gasteiger charge is -2.46. The lowest BCUT2D eigenvalue weighted by molar-refractivity contribution is -0.419. The van der Waals surface area contributed by atoms with Crippen LogP contribution in [0.5, 0.6) is 0 Å². The Hall–Kier alpha value is -2.96. The highest BCUT2D eigenvalue weighted by molar-refractivity contribution is 6.04. The Labute approximate surface area is 132 Å². The summed E-state index contributed by atoms with van der Waals surface area (Å²) < 4.78 is 0. The van der Waals surface area contributed by atoms with Gasteiger partial charge in [-0.05, 0) is 12.1 Å². The van der Waals surface area contributed by atoms with Crippen LogP contribution in [-0.4, -0.2) is 28.8 Å². The summed E-state index contributed by atoms with van der Waals surface area (Å²) in [7, 11) is 0. The molecule has 7 heteroatoms. The molecule has 0 fully saturated rings. The number of anilines is 2. The lowest BCUT2D eigenvalue weighted by atomic mass is 9.93. The van der Waals surface area contributed by atoms with Gasteiger partial charge in [-0.1, -0.05) is 18.2 Å². The van der Waals surface area contributed by atoms with Gasteiger partial charge in [-0.3, -0.25) is 19.7 Å². The molecule has 1 aliphatic heterocycles. The largest absolute Gasteiger partial charge is 0.301 e. The summed E-state index contributed by atoms with van der Waals surface area (Å²) in [5, 5.41) is 11.1. The number of carbonyl (C=O) groups is 2. The minimum absolute atomic E-state index is 0.0830. The maximum atomic E-state index is 12.2. The first kappa shape index (κ1) is 15.0. The van der Waals surface area contributed by atoms with Crippen molar-refractivity contribution in [2.45, 2.75) is 25.9 Å². The molecule has 7 nitrogen and oxygen atoms in total. The van der Waals surface area contributed by atoms with Gasteiger partial charge in [-0.25, -0.2) is 0 Å². The van der Waals surface area contributed by atoms with E-state index in [1.54, 1.807) is 35.2 Å². The first-order valence-corrected chi connectivity index (χ1v) is 7.15. The Morgan fingerprint density at radius 1 is 1.04 bits per heavy atom. The maximum absolute atomic E-state index is 12.2. The third-order valence-corrected chi connectivity index (χ3v) is 4.04. The number of rotatable bonds is 1. The van der Waals surface area contributed by atoms with Crippen LogP contribution < -0.4 is 9.80 Å². The van der Waals surface area contributed by atoms with Crippen LogP contribution in [-0.2, 0) is 9.59 Å². The first-order chi connectivity index (χ1) is 10.9. The van der Waals surface area contributed by atoms with Crippen molar-refractivity contribution in [3.63, 3.8) is 0 Å². The Morgan fingerprint density at radius 3 is 2.04 bits per heavy atom. The van der Waals surface area contributed by atoms with Gasteiger partial charge in [0.25, 0.3) is 5.70 Å². The Balaban J connectivity index is 2.22. The van der Waals surface area contributed by atoms with Crippen LogP contribution in [0.4, 0.5) is 11.4 Å². The molecule has 0 radical (unpaired) electrons. The number of amides is 2. The zero-order valence-corrected chi connectivity index (χ0v) is 12.7. The number of nitrogens with zero attached hydrogens (tertiary/aromatic N) is 3. The maximum Gasteiger partial charge on any atom is 0.267 e. The van der Waals surface area contributed by atoms with Crippen molar-refractivity contribution >= 4 is 23.2 Å². The fourth-order valence-corrected chi connectivity index (χ4v) is 3.18. The molecule has 0 bridgehead atoms. The molecule has 1 aromatic carbocycles. The second-order valence-corrected chi connectivity index (χ2v) is 5.46. The molecule has 2 amide bonds. The molecule has 2 atom stereocenters. The van der Waals surface area contributed by atoms with Crippen LogP contribution in [0.15, 0.2) is 48.2 Å². The van der Waals surface area contributed by atoms with Gasteiger partial charge in [-0.2, -0.15) is 0 Å². The predicted octanol–water partition coefficient (Wildman–Crippen LogP) is 1.87. The molecule has 1 aliphatic carbocycles.